The molecule has 2 N–H and O–H groups in total. The number of fused-ring (bicyclic) bond motifs is 1. The van der Waals surface area contributed by atoms with Crippen molar-refractivity contribution in [1.29, 1.82) is 0 Å². The Labute approximate surface area is 133 Å². The zero-order valence-corrected chi connectivity index (χ0v) is 13.6. The molecule has 0 amide bonds. The van der Waals surface area contributed by atoms with Gasteiger partial charge in [0.05, 0.1) is 11.1 Å². The summed E-state index contributed by atoms with van der Waals surface area (Å²) in [6.07, 6.45) is 10.6. The maximum absolute atomic E-state index is 6.51. The maximum Gasteiger partial charge on any atom is 0.148 e. The minimum absolute atomic E-state index is 0.207. The average Bonchev–Trinajstić information content (AvgIpc) is 2.70. The van der Waals surface area contributed by atoms with Gasteiger partial charge in [-0.1, -0.05) is 25.7 Å². The van der Waals surface area contributed by atoms with E-state index in [1.165, 1.54) is 25.7 Å². The van der Waals surface area contributed by atoms with Crippen LogP contribution in [-0.4, -0.2) is 22.1 Å². The van der Waals surface area contributed by atoms with Gasteiger partial charge in [-0.25, -0.2) is 4.98 Å². The quantitative estimate of drug-likeness (QED) is 0.855. The van der Waals surface area contributed by atoms with E-state index in [0.717, 1.165) is 34.1 Å². The van der Waals surface area contributed by atoms with E-state index in [0.29, 0.717) is 6.61 Å². The fraction of sp³-hybridized carbons (Fsp3) is 0.500. The standard InChI is InChI=1S/C16H20BrN3O/c17-12-9-13-15(20-10-12)14(5-8-19-13)21-11-16(18)6-3-1-2-4-7-16/h5,8-10H,1-4,6-7,11,18H2. The molecule has 2 heterocycles. The van der Waals surface area contributed by atoms with Gasteiger partial charge < -0.3 is 10.5 Å². The maximum atomic E-state index is 6.51. The Morgan fingerprint density at radius 1 is 1.19 bits per heavy atom. The third-order valence-electron chi connectivity index (χ3n) is 4.12. The van der Waals surface area contributed by atoms with Crippen molar-refractivity contribution in [2.75, 3.05) is 6.61 Å². The van der Waals surface area contributed by atoms with Gasteiger partial charge in [0.1, 0.15) is 17.9 Å². The lowest BCUT2D eigenvalue weighted by Crippen LogP contribution is -2.45. The molecule has 3 rings (SSSR count). The summed E-state index contributed by atoms with van der Waals surface area (Å²) in [5.74, 6) is 0.765. The van der Waals surface area contributed by atoms with E-state index in [9.17, 15) is 0 Å². The molecule has 0 radical (unpaired) electrons. The van der Waals surface area contributed by atoms with Crippen LogP contribution in [0.4, 0.5) is 0 Å². The fourth-order valence-corrected chi connectivity index (χ4v) is 3.22. The normalized spacial score (nSPS) is 18.4. The summed E-state index contributed by atoms with van der Waals surface area (Å²) in [6, 6.07) is 3.81. The second-order valence-electron chi connectivity index (χ2n) is 5.90. The highest BCUT2D eigenvalue weighted by molar-refractivity contribution is 9.10. The summed E-state index contributed by atoms with van der Waals surface area (Å²) in [7, 11) is 0. The largest absolute Gasteiger partial charge is 0.489 e. The highest BCUT2D eigenvalue weighted by Crippen LogP contribution is 2.28. The number of nitrogens with two attached hydrogens (primary N) is 1. The van der Waals surface area contributed by atoms with Crippen molar-refractivity contribution in [3.63, 3.8) is 0 Å². The van der Waals surface area contributed by atoms with Crippen LogP contribution in [0.3, 0.4) is 0 Å². The van der Waals surface area contributed by atoms with Crippen LogP contribution in [0.2, 0.25) is 0 Å². The topological polar surface area (TPSA) is 61.0 Å². The van der Waals surface area contributed by atoms with Crippen LogP contribution in [0.5, 0.6) is 5.75 Å². The van der Waals surface area contributed by atoms with E-state index in [4.69, 9.17) is 10.5 Å². The van der Waals surface area contributed by atoms with Crippen LogP contribution in [0.25, 0.3) is 11.0 Å². The zero-order valence-electron chi connectivity index (χ0n) is 12.0. The van der Waals surface area contributed by atoms with Crippen molar-refractivity contribution in [2.45, 2.75) is 44.1 Å². The number of halogens is 1. The van der Waals surface area contributed by atoms with Crippen molar-refractivity contribution in [3.8, 4) is 5.75 Å². The number of rotatable bonds is 3. The highest BCUT2D eigenvalue weighted by atomic mass is 79.9. The molecular formula is C16H20BrN3O. The molecule has 1 saturated carbocycles. The third-order valence-corrected chi connectivity index (χ3v) is 4.56. The predicted molar refractivity (Wildman–Crippen MR) is 87.4 cm³/mol. The second kappa shape index (κ2) is 6.28. The van der Waals surface area contributed by atoms with Crippen molar-refractivity contribution in [3.05, 3.63) is 29.0 Å². The first-order valence-corrected chi connectivity index (χ1v) is 8.28. The molecule has 112 valence electrons. The van der Waals surface area contributed by atoms with Gasteiger partial charge in [-0.3, -0.25) is 4.98 Å². The van der Waals surface area contributed by atoms with E-state index in [1.807, 2.05) is 12.1 Å². The lowest BCUT2D eigenvalue weighted by atomic mass is 9.92. The summed E-state index contributed by atoms with van der Waals surface area (Å²) in [5, 5.41) is 0. The van der Waals surface area contributed by atoms with Gasteiger partial charge in [0.2, 0.25) is 0 Å². The van der Waals surface area contributed by atoms with Crippen LogP contribution in [0, 0.1) is 0 Å². The van der Waals surface area contributed by atoms with Crippen LogP contribution < -0.4 is 10.5 Å². The molecule has 0 aromatic carbocycles. The number of pyridine rings is 2. The Balaban J connectivity index is 1.78. The van der Waals surface area contributed by atoms with E-state index in [1.54, 1.807) is 12.4 Å². The van der Waals surface area contributed by atoms with Crippen molar-refractivity contribution in [1.82, 2.24) is 9.97 Å². The molecule has 1 aliphatic carbocycles. The summed E-state index contributed by atoms with van der Waals surface area (Å²) < 4.78 is 6.93. The monoisotopic (exact) mass is 349 g/mol. The molecule has 2 aromatic heterocycles. The van der Waals surface area contributed by atoms with Gasteiger partial charge in [0.25, 0.3) is 0 Å². The van der Waals surface area contributed by atoms with Gasteiger partial charge in [-0.15, -0.1) is 0 Å². The Hall–Kier alpha value is -1.20. The lowest BCUT2D eigenvalue weighted by Gasteiger charge is -2.28. The molecule has 0 aliphatic heterocycles. The second-order valence-corrected chi connectivity index (χ2v) is 6.81. The average molecular weight is 350 g/mol. The number of nitrogens with zero attached hydrogens (tertiary/aromatic N) is 2. The minimum atomic E-state index is -0.207. The molecule has 1 aliphatic rings. The number of ether oxygens (including phenoxy) is 1. The van der Waals surface area contributed by atoms with Crippen LogP contribution >= 0.6 is 15.9 Å². The van der Waals surface area contributed by atoms with E-state index < -0.39 is 0 Å². The number of hydrogen-bond donors (Lipinski definition) is 1. The SMILES string of the molecule is NC1(COc2ccnc3cc(Br)cnc23)CCCCCC1. The molecule has 0 saturated heterocycles. The summed E-state index contributed by atoms with van der Waals surface area (Å²) in [5.41, 5.74) is 7.92. The highest BCUT2D eigenvalue weighted by Gasteiger charge is 2.27. The molecule has 0 bridgehead atoms. The predicted octanol–water partition coefficient (Wildman–Crippen LogP) is 3.82. The molecule has 0 spiro atoms. The first-order valence-electron chi connectivity index (χ1n) is 7.48. The van der Waals surface area contributed by atoms with Gasteiger partial charge in [-0.2, -0.15) is 0 Å². The molecule has 2 aromatic rings. The molecule has 0 unspecified atom stereocenters. The molecule has 4 nitrogen and oxygen atoms in total. The van der Waals surface area contributed by atoms with Crippen LogP contribution in [0.15, 0.2) is 29.0 Å². The van der Waals surface area contributed by atoms with E-state index in [2.05, 4.69) is 25.9 Å². The van der Waals surface area contributed by atoms with Crippen molar-refractivity contribution >= 4 is 27.0 Å². The van der Waals surface area contributed by atoms with E-state index >= 15 is 0 Å². The number of aromatic nitrogens is 2. The molecule has 1 fully saturated rings. The smallest absolute Gasteiger partial charge is 0.148 e. The molecular weight excluding hydrogens is 330 g/mol. The third kappa shape index (κ3) is 3.52. The van der Waals surface area contributed by atoms with Gasteiger partial charge >= 0.3 is 0 Å². The minimum Gasteiger partial charge on any atom is -0.489 e. The zero-order chi connectivity index (χ0) is 14.7. The lowest BCUT2D eigenvalue weighted by molar-refractivity contribution is 0.201. The molecule has 0 atom stereocenters. The van der Waals surface area contributed by atoms with Crippen LogP contribution in [0.1, 0.15) is 38.5 Å². The first-order chi connectivity index (χ1) is 10.2. The van der Waals surface area contributed by atoms with Gasteiger partial charge in [-0.05, 0) is 34.8 Å². The van der Waals surface area contributed by atoms with Gasteiger partial charge in [0, 0.05) is 22.9 Å². The first kappa shape index (κ1) is 14.7. The van der Waals surface area contributed by atoms with Gasteiger partial charge in [0.15, 0.2) is 0 Å². The molecule has 5 heteroatoms. The van der Waals surface area contributed by atoms with E-state index in [-0.39, 0.29) is 5.54 Å². The molecule has 21 heavy (non-hydrogen) atoms. The summed E-state index contributed by atoms with van der Waals surface area (Å²) in [6.45, 7) is 0.545. The van der Waals surface area contributed by atoms with Crippen molar-refractivity contribution < 1.29 is 4.74 Å². The van der Waals surface area contributed by atoms with Crippen molar-refractivity contribution in [2.24, 2.45) is 5.73 Å². The Morgan fingerprint density at radius 2 is 1.95 bits per heavy atom. The summed E-state index contributed by atoms with van der Waals surface area (Å²) >= 11 is 3.41. The fourth-order valence-electron chi connectivity index (χ4n) is 2.90. The Bertz CT molecular complexity index is 624. The Kier molecular flexibility index (Phi) is 4.40. The van der Waals surface area contributed by atoms with Crippen LogP contribution in [-0.2, 0) is 0 Å². The summed E-state index contributed by atoms with van der Waals surface area (Å²) in [4.78, 5) is 8.74. The number of hydrogen-bond acceptors (Lipinski definition) is 4. The Morgan fingerprint density at radius 3 is 2.71 bits per heavy atom.